The summed E-state index contributed by atoms with van der Waals surface area (Å²) in [5, 5.41) is 0. The fraction of sp³-hybridized carbons (Fsp3) is 0. The number of nitrogens with zero attached hydrogens (tertiary/aromatic N) is 2. The molecule has 2 aromatic rings. The van der Waals surface area contributed by atoms with E-state index < -0.39 is 0 Å². The molecule has 0 atom stereocenters. The van der Waals surface area contributed by atoms with E-state index >= 15 is 0 Å². The highest BCUT2D eigenvalue weighted by Crippen LogP contribution is 2.00. The smallest absolute Gasteiger partial charge is 0.416 e. The molecule has 0 bridgehead atoms. The summed E-state index contributed by atoms with van der Waals surface area (Å²) in [5.74, 6) is -0.388. The molecule has 0 N–H and O–H groups in total. The van der Waals surface area contributed by atoms with Gasteiger partial charge in [0.1, 0.15) is 6.26 Å². The van der Waals surface area contributed by atoms with Gasteiger partial charge in [0.25, 0.3) is 0 Å². The first-order valence-corrected chi connectivity index (χ1v) is 3.44. The van der Waals surface area contributed by atoms with E-state index in [1.54, 1.807) is 30.7 Å². The molecule has 12 heavy (non-hydrogen) atoms. The van der Waals surface area contributed by atoms with Crippen LogP contribution in [0.15, 0.2) is 46.2 Å². The molecule has 0 fully saturated rings. The summed E-state index contributed by atoms with van der Waals surface area (Å²) in [5.41, 5.74) is 0.753. The van der Waals surface area contributed by atoms with Gasteiger partial charge in [-0.25, -0.2) is 9.36 Å². The Morgan fingerprint density at radius 2 is 2.08 bits per heavy atom. The highest BCUT2D eigenvalue weighted by atomic mass is 16.4. The van der Waals surface area contributed by atoms with E-state index in [1.165, 1.54) is 10.8 Å². The van der Waals surface area contributed by atoms with Crippen molar-refractivity contribution in [2.45, 2.75) is 0 Å². The monoisotopic (exact) mass is 162 g/mol. The lowest BCUT2D eigenvalue weighted by molar-refractivity contribution is 0.504. The molecule has 0 aliphatic rings. The van der Waals surface area contributed by atoms with Crippen LogP contribution in [0.25, 0.3) is 5.69 Å². The van der Waals surface area contributed by atoms with Crippen molar-refractivity contribution < 1.29 is 4.42 Å². The SMILES string of the molecule is O=c1occn1-c1ccncc1. The number of hydrogen-bond acceptors (Lipinski definition) is 3. The topological polar surface area (TPSA) is 48.0 Å². The lowest BCUT2D eigenvalue weighted by Crippen LogP contribution is -2.10. The first-order valence-electron chi connectivity index (χ1n) is 3.44. The fourth-order valence-electron chi connectivity index (χ4n) is 0.963. The van der Waals surface area contributed by atoms with Crippen LogP contribution in [0.5, 0.6) is 0 Å². The van der Waals surface area contributed by atoms with Gasteiger partial charge in [-0.3, -0.25) is 4.98 Å². The van der Waals surface area contributed by atoms with Gasteiger partial charge in [0, 0.05) is 12.4 Å². The van der Waals surface area contributed by atoms with Crippen LogP contribution in [-0.2, 0) is 0 Å². The molecule has 0 radical (unpaired) electrons. The third-order valence-corrected chi connectivity index (χ3v) is 1.52. The molecule has 4 heteroatoms. The van der Waals surface area contributed by atoms with Crippen LogP contribution < -0.4 is 5.76 Å². The van der Waals surface area contributed by atoms with Crippen LogP contribution in [0.3, 0.4) is 0 Å². The Kier molecular flexibility index (Phi) is 1.51. The van der Waals surface area contributed by atoms with Crippen molar-refractivity contribution in [2.75, 3.05) is 0 Å². The Balaban J connectivity index is 2.59. The average molecular weight is 162 g/mol. The van der Waals surface area contributed by atoms with Crippen molar-refractivity contribution >= 4 is 0 Å². The second-order valence-corrected chi connectivity index (χ2v) is 2.24. The Bertz CT molecular complexity index is 416. The van der Waals surface area contributed by atoms with Gasteiger partial charge in [-0.15, -0.1) is 0 Å². The van der Waals surface area contributed by atoms with Gasteiger partial charge in [0.15, 0.2) is 0 Å². The summed E-state index contributed by atoms with van der Waals surface area (Å²) < 4.78 is 6.01. The van der Waals surface area contributed by atoms with Crippen LogP contribution in [0, 0.1) is 0 Å². The Hall–Kier alpha value is -1.84. The minimum absolute atomic E-state index is 0.388. The van der Waals surface area contributed by atoms with Crippen LogP contribution in [0.4, 0.5) is 0 Å². The van der Waals surface area contributed by atoms with Gasteiger partial charge < -0.3 is 4.42 Å². The molecule has 2 heterocycles. The van der Waals surface area contributed by atoms with Crippen LogP contribution in [-0.4, -0.2) is 9.55 Å². The van der Waals surface area contributed by atoms with Crippen molar-refractivity contribution in [1.82, 2.24) is 9.55 Å². The molecule has 60 valence electrons. The predicted molar refractivity (Wildman–Crippen MR) is 42.1 cm³/mol. The highest BCUT2D eigenvalue weighted by Gasteiger charge is 1.98. The van der Waals surface area contributed by atoms with Crippen molar-refractivity contribution in [1.29, 1.82) is 0 Å². The molecule has 0 aromatic carbocycles. The lowest BCUT2D eigenvalue weighted by Gasteiger charge is -1.95. The van der Waals surface area contributed by atoms with Crippen LogP contribution in [0.1, 0.15) is 0 Å². The van der Waals surface area contributed by atoms with Gasteiger partial charge in [-0.1, -0.05) is 0 Å². The molecule has 4 nitrogen and oxygen atoms in total. The first-order chi connectivity index (χ1) is 5.88. The molecule has 0 spiro atoms. The van der Waals surface area contributed by atoms with E-state index in [0.29, 0.717) is 0 Å². The van der Waals surface area contributed by atoms with Crippen LogP contribution >= 0.6 is 0 Å². The van der Waals surface area contributed by atoms with E-state index in [4.69, 9.17) is 0 Å². The van der Waals surface area contributed by atoms with E-state index in [9.17, 15) is 4.79 Å². The molecule has 0 unspecified atom stereocenters. The minimum atomic E-state index is -0.388. The number of rotatable bonds is 1. The largest absolute Gasteiger partial charge is 0.423 e. The number of aromatic nitrogens is 2. The Morgan fingerprint density at radius 3 is 2.67 bits per heavy atom. The summed E-state index contributed by atoms with van der Waals surface area (Å²) in [6, 6.07) is 3.47. The zero-order valence-electron chi connectivity index (χ0n) is 6.18. The maximum Gasteiger partial charge on any atom is 0.423 e. The second kappa shape index (κ2) is 2.65. The van der Waals surface area contributed by atoms with Gasteiger partial charge in [-0.05, 0) is 12.1 Å². The van der Waals surface area contributed by atoms with Crippen molar-refractivity contribution in [3.05, 3.63) is 47.5 Å². The van der Waals surface area contributed by atoms with Crippen molar-refractivity contribution in [3.63, 3.8) is 0 Å². The van der Waals surface area contributed by atoms with E-state index in [2.05, 4.69) is 9.40 Å². The molecular formula is C8H6N2O2. The molecule has 0 saturated carbocycles. The normalized spacial score (nSPS) is 10.0. The maximum absolute atomic E-state index is 11.0. The molecular weight excluding hydrogens is 156 g/mol. The van der Waals surface area contributed by atoms with E-state index in [0.717, 1.165) is 5.69 Å². The number of hydrogen-bond donors (Lipinski definition) is 0. The summed E-state index contributed by atoms with van der Waals surface area (Å²) in [7, 11) is 0. The van der Waals surface area contributed by atoms with E-state index in [1.807, 2.05) is 0 Å². The minimum Gasteiger partial charge on any atom is -0.416 e. The van der Waals surface area contributed by atoms with Crippen molar-refractivity contribution in [3.8, 4) is 5.69 Å². The van der Waals surface area contributed by atoms with Gasteiger partial charge in [0.2, 0.25) is 0 Å². The summed E-state index contributed by atoms with van der Waals surface area (Å²) in [6.45, 7) is 0. The Labute approximate surface area is 68.1 Å². The molecule has 2 aromatic heterocycles. The third kappa shape index (κ3) is 1.03. The summed E-state index contributed by atoms with van der Waals surface area (Å²) in [6.07, 6.45) is 6.16. The zero-order valence-corrected chi connectivity index (χ0v) is 6.18. The zero-order chi connectivity index (χ0) is 8.39. The second-order valence-electron chi connectivity index (χ2n) is 2.24. The fourth-order valence-corrected chi connectivity index (χ4v) is 0.963. The van der Waals surface area contributed by atoms with Gasteiger partial charge in [0.05, 0.1) is 11.9 Å². The maximum atomic E-state index is 11.0. The lowest BCUT2D eigenvalue weighted by atomic mass is 10.4. The third-order valence-electron chi connectivity index (χ3n) is 1.52. The molecule has 0 amide bonds. The van der Waals surface area contributed by atoms with Crippen LogP contribution in [0.2, 0.25) is 0 Å². The van der Waals surface area contributed by atoms with Gasteiger partial charge in [-0.2, -0.15) is 0 Å². The molecule has 2 rings (SSSR count). The average Bonchev–Trinajstić information content (AvgIpc) is 2.53. The highest BCUT2D eigenvalue weighted by molar-refractivity contribution is 5.27. The van der Waals surface area contributed by atoms with E-state index in [-0.39, 0.29) is 5.76 Å². The van der Waals surface area contributed by atoms with Gasteiger partial charge >= 0.3 is 5.76 Å². The standard InChI is InChI=1S/C8H6N2O2/c11-8-10(5-6-12-8)7-1-3-9-4-2-7/h1-6H. The molecule has 0 aliphatic carbocycles. The first kappa shape index (κ1) is 6.84. The Morgan fingerprint density at radius 1 is 1.33 bits per heavy atom. The number of pyridine rings is 1. The summed E-state index contributed by atoms with van der Waals surface area (Å²) in [4.78, 5) is 14.8. The molecule has 0 saturated heterocycles. The molecule has 0 aliphatic heterocycles. The summed E-state index contributed by atoms with van der Waals surface area (Å²) >= 11 is 0. The van der Waals surface area contributed by atoms with Crippen molar-refractivity contribution in [2.24, 2.45) is 0 Å². The predicted octanol–water partition coefficient (Wildman–Crippen LogP) is 0.825. The number of oxazole rings is 1. The quantitative estimate of drug-likeness (QED) is 0.623.